The second-order valence-corrected chi connectivity index (χ2v) is 9.39. The Kier molecular flexibility index (Phi) is 5.98. The molecule has 1 atom stereocenters. The minimum Gasteiger partial charge on any atom is -0.383 e. The Morgan fingerprint density at radius 1 is 1.21 bits per heavy atom. The molecule has 1 fully saturated rings. The van der Waals surface area contributed by atoms with Gasteiger partial charge >= 0.3 is 10.1 Å². The van der Waals surface area contributed by atoms with E-state index in [2.05, 4.69) is 21.2 Å². The first-order chi connectivity index (χ1) is 13.6. The van der Waals surface area contributed by atoms with Crippen LogP contribution < -0.4 is 9.50 Å². The number of nitrogens with one attached hydrogen (secondary N) is 1. The third-order valence-corrected chi connectivity index (χ3v) is 5.87. The van der Waals surface area contributed by atoms with Gasteiger partial charge in [0.15, 0.2) is 10.7 Å². The van der Waals surface area contributed by atoms with Crippen LogP contribution in [0.25, 0.3) is 0 Å². The second-order valence-electron chi connectivity index (χ2n) is 6.58. The summed E-state index contributed by atoms with van der Waals surface area (Å²) in [6.45, 7) is 2.37. The van der Waals surface area contributed by atoms with Crippen LogP contribution >= 0.6 is 28.1 Å². The average molecular weight is 501 g/mol. The van der Waals surface area contributed by atoms with Gasteiger partial charge in [-0.05, 0) is 70.0 Å². The summed E-state index contributed by atoms with van der Waals surface area (Å²) in [6, 6.07) is 10.4. The van der Waals surface area contributed by atoms with Crippen molar-refractivity contribution in [1.82, 2.24) is 10.2 Å². The van der Waals surface area contributed by atoms with Crippen molar-refractivity contribution in [1.29, 1.82) is 0 Å². The summed E-state index contributed by atoms with van der Waals surface area (Å²) in [4.78, 5) is 15.0. The molecular formula is C19H18BrFN2O4S2. The number of carbonyl (C=O) groups excluding carboxylic acids is 1. The Labute approximate surface area is 182 Å². The third-order valence-electron chi connectivity index (χ3n) is 4.44. The van der Waals surface area contributed by atoms with E-state index in [-0.39, 0.29) is 21.2 Å². The average Bonchev–Trinajstić information content (AvgIpc) is 2.89. The Morgan fingerprint density at radius 2 is 1.83 bits per heavy atom. The molecule has 1 aliphatic heterocycles. The number of carbonyl (C=O) groups is 1. The number of nitrogens with zero attached hydrogens (tertiary/aromatic N) is 1. The number of halogens is 2. The summed E-state index contributed by atoms with van der Waals surface area (Å²) in [5.41, 5.74) is -0.358. The molecule has 2 aromatic rings. The number of benzene rings is 2. The van der Waals surface area contributed by atoms with Gasteiger partial charge < -0.3 is 9.50 Å². The molecule has 0 aromatic heterocycles. The van der Waals surface area contributed by atoms with Gasteiger partial charge in [-0.2, -0.15) is 8.42 Å². The molecule has 0 spiro atoms. The molecule has 0 radical (unpaired) electrons. The molecule has 1 saturated heterocycles. The molecule has 1 aliphatic rings. The van der Waals surface area contributed by atoms with Crippen LogP contribution in [0.5, 0.6) is 5.75 Å². The predicted molar refractivity (Wildman–Crippen MR) is 115 cm³/mol. The van der Waals surface area contributed by atoms with Crippen molar-refractivity contribution in [2.24, 2.45) is 0 Å². The maximum absolute atomic E-state index is 13.8. The minimum atomic E-state index is -3.68. The maximum atomic E-state index is 13.8. The van der Waals surface area contributed by atoms with Crippen LogP contribution in [0.1, 0.15) is 24.5 Å². The second kappa shape index (κ2) is 8.00. The highest BCUT2D eigenvalue weighted by molar-refractivity contribution is 9.10. The van der Waals surface area contributed by atoms with Crippen molar-refractivity contribution in [3.63, 3.8) is 0 Å². The molecule has 0 saturated carbocycles. The first-order valence-corrected chi connectivity index (χ1v) is 11.7. The van der Waals surface area contributed by atoms with E-state index in [1.165, 1.54) is 35.2 Å². The number of rotatable bonds is 6. The third kappa shape index (κ3) is 4.15. The number of hydrogen-bond acceptors (Lipinski definition) is 5. The van der Waals surface area contributed by atoms with Gasteiger partial charge in [0.05, 0.1) is 10.7 Å². The molecule has 2 aromatic carbocycles. The van der Waals surface area contributed by atoms with E-state index < -0.39 is 21.5 Å². The molecule has 1 heterocycles. The lowest BCUT2D eigenvalue weighted by Crippen LogP contribution is -2.45. The summed E-state index contributed by atoms with van der Waals surface area (Å²) in [5.74, 6) is -0.635. The Hall–Kier alpha value is -2.04. The number of thiocarbonyl (C=S) groups is 1. The topological polar surface area (TPSA) is 75.7 Å². The van der Waals surface area contributed by atoms with Crippen LogP contribution in [0, 0.1) is 5.82 Å². The van der Waals surface area contributed by atoms with Crippen LogP contribution in [0.4, 0.5) is 4.39 Å². The fourth-order valence-corrected chi connectivity index (χ4v) is 4.39. The largest absolute Gasteiger partial charge is 0.383 e. The fourth-order valence-electron chi connectivity index (χ4n) is 3.23. The van der Waals surface area contributed by atoms with E-state index in [1.807, 2.05) is 6.92 Å². The highest BCUT2D eigenvalue weighted by atomic mass is 79.9. The lowest BCUT2D eigenvalue weighted by molar-refractivity contribution is -0.130. The van der Waals surface area contributed by atoms with E-state index in [1.54, 1.807) is 12.1 Å². The van der Waals surface area contributed by atoms with E-state index in [0.29, 0.717) is 24.1 Å². The van der Waals surface area contributed by atoms with Crippen molar-refractivity contribution >= 4 is 49.3 Å². The van der Waals surface area contributed by atoms with Gasteiger partial charge in [0.1, 0.15) is 11.6 Å². The predicted octanol–water partition coefficient (Wildman–Crippen LogP) is 3.30. The van der Waals surface area contributed by atoms with Crippen molar-refractivity contribution in [3.8, 4) is 5.75 Å². The van der Waals surface area contributed by atoms with Crippen LogP contribution in [0.3, 0.4) is 0 Å². The van der Waals surface area contributed by atoms with Crippen LogP contribution in [0.15, 0.2) is 46.9 Å². The van der Waals surface area contributed by atoms with E-state index in [0.717, 1.165) is 6.26 Å². The smallest absolute Gasteiger partial charge is 0.306 e. The van der Waals surface area contributed by atoms with Crippen LogP contribution in [0.2, 0.25) is 0 Å². The zero-order valence-corrected chi connectivity index (χ0v) is 18.8. The molecule has 0 bridgehead atoms. The maximum Gasteiger partial charge on any atom is 0.306 e. The summed E-state index contributed by atoms with van der Waals surface area (Å²) in [6.07, 6.45) is 1.65. The Bertz CT molecular complexity index is 1080. The summed E-state index contributed by atoms with van der Waals surface area (Å²) in [7, 11) is -3.68. The normalized spacial score (nSPS) is 19.4. The SMILES string of the molecule is CCCN1C(=O)C(c2ccc(OS(C)(=O)=O)cc2)(c2ccc(F)c(Br)c2)NC1=S. The van der Waals surface area contributed by atoms with Gasteiger partial charge in [0.2, 0.25) is 0 Å². The van der Waals surface area contributed by atoms with Gasteiger partial charge in [-0.15, -0.1) is 0 Å². The van der Waals surface area contributed by atoms with Gasteiger partial charge in [0, 0.05) is 6.54 Å². The molecular weight excluding hydrogens is 483 g/mol. The van der Waals surface area contributed by atoms with E-state index >= 15 is 0 Å². The highest BCUT2D eigenvalue weighted by Crippen LogP contribution is 2.38. The fraction of sp³-hybridized carbons (Fsp3) is 0.263. The first-order valence-electron chi connectivity index (χ1n) is 8.68. The van der Waals surface area contributed by atoms with Crippen LogP contribution in [-0.2, 0) is 20.5 Å². The standard InChI is InChI=1S/C19H18BrFN2O4S2/c1-3-10-23-17(24)19(22-18(23)28,13-6-9-16(21)15(20)11-13)12-4-7-14(8-5-12)27-29(2,25)26/h4-9,11H,3,10H2,1-2H3,(H,22,28). The number of amides is 1. The zero-order chi connectivity index (χ0) is 21.4. The zero-order valence-electron chi connectivity index (χ0n) is 15.6. The molecule has 0 aliphatic carbocycles. The highest BCUT2D eigenvalue weighted by Gasteiger charge is 2.51. The van der Waals surface area contributed by atoms with Gasteiger partial charge in [0.25, 0.3) is 5.91 Å². The molecule has 1 unspecified atom stereocenters. The Morgan fingerprint density at radius 3 is 2.38 bits per heavy atom. The van der Waals surface area contributed by atoms with Gasteiger partial charge in [-0.1, -0.05) is 25.1 Å². The number of hydrogen-bond donors (Lipinski definition) is 1. The molecule has 10 heteroatoms. The van der Waals surface area contributed by atoms with Crippen molar-refractivity contribution < 1.29 is 21.8 Å². The van der Waals surface area contributed by atoms with Crippen molar-refractivity contribution in [3.05, 3.63) is 63.9 Å². The quantitative estimate of drug-likeness (QED) is 0.484. The molecule has 3 rings (SSSR count). The molecule has 1 amide bonds. The lowest BCUT2D eigenvalue weighted by Gasteiger charge is -2.29. The molecule has 29 heavy (non-hydrogen) atoms. The van der Waals surface area contributed by atoms with Crippen LogP contribution in [-0.4, -0.2) is 37.1 Å². The van der Waals surface area contributed by atoms with Crippen molar-refractivity contribution in [2.45, 2.75) is 18.9 Å². The lowest BCUT2D eigenvalue weighted by atomic mass is 9.82. The minimum absolute atomic E-state index is 0.116. The first kappa shape index (κ1) is 21.7. The summed E-state index contributed by atoms with van der Waals surface area (Å²) >= 11 is 8.56. The van der Waals surface area contributed by atoms with Crippen molar-refractivity contribution in [2.75, 3.05) is 12.8 Å². The molecule has 6 nitrogen and oxygen atoms in total. The Balaban J connectivity index is 2.15. The molecule has 1 N–H and O–H groups in total. The summed E-state index contributed by atoms with van der Waals surface area (Å²) in [5, 5.41) is 3.38. The van der Waals surface area contributed by atoms with E-state index in [9.17, 15) is 17.6 Å². The monoisotopic (exact) mass is 500 g/mol. The van der Waals surface area contributed by atoms with E-state index in [4.69, 9.17) is 16.4 Å². The summed E-state index contributed by atoms with van der Waals surface area (Å²) < 4.78 is 41.6. The van der Waals surface area contributed by atoms with Gasteiger partial charge in [-0.3, -0.25) is 9.69 Å². The van der Waals surface area contributed by atoms with Gasteiger partial charge in [-0.25, -0.2) is 4.39 Å². The molecule has 154 valence electrons.